The number of hydrogen-bond donors (Lipinski definition) is 1. The molecule has 1 unspecified atom stereocenters. The Labute approximate surface area is 133 Å². The van der Waals surface area contributed by atoms with Crippen LogP contribution in [-0.2, 0) is 22.0 Å². The predicted octanol–water partition coefficient (Wildman–Crippen LogP) is 2.88. The average molecular weight is 343 g/mol. The zero-order chi connectivity index (χ0) is 16.2. The highest BCUT2D eigenvalue weighted by molar-refractivity contribution is 7.90. The van der Waals surface area contributed by atoms with Gasteiger partial charge in [0.1, 0.15) is 5.82 Å². The smallest absolute Gasteiger partial charge is 0.158 e. The molecule has 0 aliphatic rings. The first kappa shape index (κ1) is 17.1. The van der Waals surface area contributed by atoms with Gasteiger partial charge in [-0.3, -0.25) is 0 Å². The van der Waals surface area contributed by atoms with Gasteiger partial charge in [0.15, 0.2) is 9.84 Å². The van der Waals surface area contributed by atoms with Crippen molar-refractivity contribution in [1.82, 2.24) is 4.98 Å². The summed E-state index contributed by atoms with van der Waals surface area (Å²) in [6.07, 6.45) is 0.630. The maximum absolute atomic E-state index is 12.8. The number of benzene rings is 1. The minimum Gasteiger partial charge on any atom is -0.387 e. The molecule has 7 heteroatoms. The van der Waals surface area contributed by atoms with E-state index < -0.39 is 27.5 Å². The molecule has 1 heterocycles. The van der Waals surface area contributed by atoms with Crippen molar-refractivity contribution < 1.29 is 17.9 Å². The molecule has 2 aromatic rings. The second-order valence-corrected chi connectivity index (χ2v) is 8.16. The Kier molecular flexibility index (Phi) is 5.66. The maximum atomic E-state index is 12.8. The number of aliphatic hydroxyl groups is 1. The van der Waals surface area contributed by atoms with Gasteiger partial charge in [0.25, 0.3) is 0 Å². The van der Waals surface area contributed by atoms with Crippen molar-refractivity contribution >= 4 is 21.2 Å². The van der Waals surface area contributed by atoms with E-state index in [0.717, 1.165) is 17.8 Å². The Morgan fingerprint density at radius 3 is 2.64 bits per heavy atom. The van der Waals surface area contributed by atoms with Gasteiger partial charge in [0.05, 0.1) is 28.3 Å². The van der Waals surface area contributed by atoms with Gasteiger partial charge in [0, 0.05) is 5.38 Å². The monoisotopic (exact) mass is 343 g/mol. The second kappa shape index (κ2) is 7.30. The third-order valence-electron chi connectivity index (χ3n) is 3.10. The Bertz CT molecular complexity index is 711. The van der Waals surface area contributed by atoms with E-state index in [1.807, 2.05) is 6.92 Å². The van der Waals surface area contributed by atoms with Crippen molar-refractivity contribution in [3.05, 3.63) is 51.7 Å². The summed E-state index contributed by atoms with van der Waals surface area (Å²) in [6, 6.07) is 5.17. The average Bonchev–Trinajstić information content (AvgIpc) is 2.85. The van der Waals surface area contributed by atoms with Crippen molar-refractivity contribution in [3.8, 4) is 0 Å². The summed E-state index contributed by atoms with van der Waals surface area (Å²) in [7, 11) is -3.49. The van der Waals surface area contributed by atoms with E-state index in [9.17, 15) is 17.9 Å². The molecule has 0 spiro atoms. The van der Waals surface area contributed by atoms with Crippen LogP contribution < -0.4 is 0 Å². The summed E-state index contributed by atoms with van der Waals surface area (Å²) in [5.74, 6) is -1.02. The Balaban J connectivity index is 2.01. The molecule has 0 aliphatic heterocycles. The van der Waals surface area contributed by atoms with E-state index in [2.05, 4.69) is 4.98 Å². The van der Waals surface area contributed by atoms with Crippen LogP contribution in [0.25, 0.3) is 0 Å². The van der Waals surface area contributed by atoms with Crippen molar-refractivity contribution in [1.29, 1.82) is 0 Å². The predicted molar refractivity (Wildman–Crippen MR) is 85.0 cm³/mol. The van der Waals surface area contributed by atoms with Crippen LogP contribution in [0.2, 0.25) is 0 Å². The third kappa shape index (κ3) is 4.86. The van der Waals surface area contributed by atoms with Crippen molar-refractivity contribution in [3.63, 3.8) is 0 Å². The quantitative estimate of drug-likeness (QED) is 0.839. The number of aryl methyl sites for hydroxylation is 1. The number of hydrogen-bond acceptors (Lipinski definition) is 5. The summed E-state index contributed by atoms with van der Waals surface area (Å²) in [5.41, 5.74) is 0.898. The number of nitrogens with zero attached hydrogens (tertiary/aromatic N) is 1. The Hall–Kier alpha value is -1.31. The summed E-state index contributed by atoms with van der Waals surface area (Å²) in [5, 5.41) is 12.7. The molecule has 2 rings (SSSR count). The van der Waals surface area contributed by atoms with E-state index in [1.165, 1.54) is 35.6 Å². The van der Waals surface area contributed by atoms with Crippen molar-refractivity contribution in [2.75, 3.05) is 5.75 Å². The normalized spacial score (nSPS) is 13.2. The summed E-state index contributed by atoms with van der Waals surface area (Å²) >= 11 is 1.45. The van der Waals surface area contributed by atoms with Crippen LogP contribution in [0.5, 0.6) is 0 Å². The summed E-state index contributed by atoms with van der Waals surface area (Å²) in [6.45, 7) is 2.04. The number of halogens is 1. The molecule has 1 aromatic carbocycles. The van der Waals surface area contributed by atoms with Gasteiger partial charge in [-0.1, -0.05) is 19.1 Å². The third-order valence-corrected chi connectivity index (χ3v) is 5.61. The minimum atomic E-state index is -3.49. The molecule has 1 N–H and O–H groups in total. The molecule has 22 heavy (non-hydrogen) atoms. The van der Waals surface area contributed by atoms with E-state index in [0.29, 0.717) is 11.3 Å². The van der Waals surface area contributed by atoms with Crippen LogP contribution in [0.4, 0.5) is 4.39 Å². The van der Waals surface area contributed by atoms with Crippen LogP contribution in [0.3, 0.4) is 0 Å². The molecular weight excluding hydrogens is 325 g/mol. The Morgan fingerprint density at radius 2 is 2.00 bits per heavy atom. The number of thiazole rings is 1. The molecule has 0 radical (unpaired) electrons. The molecule has 0 fully saturated rings. The van der Waals surface area contributed by atoms with E-state index in [4.69, 9.17) is 0 Å². The highest BCUT2D eigenvalue weighted by Crippen LogP contribution is 2.19. The van der Waals surface area contributed by atoms with Gasteiger partial charge in [0.2, 0.25) is 0 Å². The van der Waals surface area contributed by atoms with Crippen molar-refractivity contribution in [2.24, 2.45) is 0 Å². The molecule has 1 aromatic heterocycles. The topological polar surface area (TPSA) is 67.3 Å². The molecule has 1 atom stereocenters. The first-order chi connectivity index (χ1) is 10.4. The van der Waals surface area contributed by atoms with Gasteiger partial charge in [-0.25, -0.2) is 17.8 Å². The summed E-state index contributed by atoms with van der Waals surface area (Å²) < 4.78 is 37.1. The SMILES string of the molecule is CCCc1nc(CS(=O)(=O)CC(O)c2ccc(F)cc2)cs1. The van der Waals surface area contributed by atoms with Gasteiger partial charge >= 0.3 is 0 Å². The summed E-state index contributed by atoms with van der Waals surface area (Å²) in [4.78, 5) is 4.28. The van der Waals surface area contributed by atoms with E-state index in [-0.39, 0.29) is 5.75 Å². The zero-order valence-corrected chi connectivity index (χ0v) is 13.8. The molecule has 120 valence electrons. The fraction of sp³-hybridized carbons (Fsp3) is 0.400. The van der Waals surface area contributed by atoms with Gasteiger partial charge < -0.3 is 5.11 Å². The van der Waals surface area contributed by atoms with Crippen LogP contribution in [0.15, 0.2) is 29.6 Å². The first-order valence-corrected chi connectivity index (χ1v) is 9.67. The fourth-order valence-electron chi connectivity index (χ4n) is 2.05. The number of aromatic nitrogens is 1. The number of sulfone groups is 1. The van der Waals surface area contributed by atoms with E-state index >= 15 is 0 Å². The lowest BCUT2D eigenvalue weighted by atomic mass is 10.1. The molecule has 0 amide bonds. The van der Waals surface area contributed by atoms with Crippen LogP contribution in [0.1, 0.15) is 35.7 Å². The molecular formula is C15H18FNO3S2. The molecule has 0 bridgehead atoms. The highest BCUT2D eigenvalue weighted by atomic mass is 32.2. The first-order valence-electron chi connectivity index (χ1n) is 6.97. The highest BCUT2D eigenvalue weighted by Gasteiger charge is 2.20. The zero-order valence-electron chi connectivity index (χ0n) is 12.2. The number of aliphatic hydroxyl groups excluding tert-OH is 1. The Morgan fingerprint density at radius 1 is 1.32 bits per heavy atom. The minimum absolute atomic E-state index is 0.189. The lowest BCUT2D eigenvalue weighted by Gasteiger charge is -2.11. The van der Waals surface area contributed by atoms with Crippen LogP contribution in [0, 0.1) is 5.82 Å². The lowest BCUT2D eigenvalue weighted by Crippen LogP contribution is -2.16. The van der Waals surface area contributed by atoms with Crippen LogP contribution >= 0.6 is 11.3 Å². The van der Waals surface area contributed by atoms with Gasteiger partial charge in [-0.2, -0.15) is 0 Å². The van der Waals surface area contributed by atoms with E-state index in [1.54, 1.807) is 5.38 Å². The fourth-order valence-corrected chi connectivity index (χ4v) is 4.45. The standard InChI is InChI=1S/C15H18FNO3S2/c1-2-3-15-17-13(8-21-15)9-22(19,20)10-14(18)11-4-6-12(16)7-5-11/h4-8,14,18H,2-3,9-10H2,1H3. The van der Waals surface area contributed by atoms with Gasteiger partial charge in [-0.15, -0.1) is 11.3 Å². The molecule has 4 nitrogen and oxygen atoms in total. The lowest BCUT2D eigenvalue weighted by molar-refractivity contribution is 0.201. The van der Waals surface area contributed by atoms with Crippen LogP contribution in [-0.4, -0.2) is 24.3 Å². The molecule has 0 aliphatic carbocycles. The maximum Gasteiger partial charge on any atom is 0.158 e. The largest absolute Gasteiger partial charge is 0.387 e. The second-order valence-electron chi connectivity index (χ2n) is 5.10. The molecule has 0 saturated heterocycles. The van der Waals surface area contributed by atoms with Crippen molar-refractivity contribution in [2.45, 2.75) is 31.6 Å². The number of rotatable bonds is 7. The van der Waals surface area contributed by atoms with Gasteiger partial charge in [-0.05, 0) is 30.5 Å². The molecule has 0 saturated carbocycles.